The fourth-order valence-corrected chi connectivity index (χ4v) is 5.17. The fourth-order valence-electron chi connectivity index (χ4n) is 5.17. The minimum absolute atomic E-state index is 0.651. The van der Waals surface area contributed by atoms with E-state index in [0.717, 1.165) is 67.2 Å². The summed E-state index contributed by atoms with van der Waals surface area (Å²) in [5.74, 6) is 2.15. The Balaban J connectivity index is 1.53. The molecule has 7 rings (SSSR count). The van der Waals surface area contributed by atoms with Crippen molar-refractivity contribution in [2.24, 2.45) is 0 Å². The van der Waals surface area contributed by atoms with E-state index in [1.165, 1.54) is 0 Å². The van der Waals surface area contributed by atoms with Crippen molar-refractivity contribution in [2.45, 2.75) is 0 Å². The molecule has 0 saturated carbocycles. The second kappa shape index (κ2) is 9.15. The van der Waals surface area contributed by atoms with E-state index >= 15 is 0 Å². The van der Waals surface area contributed by atoms with Gasteiger partial charge in [-0.25, -0.2) is 19.9 Å². The first kappa shape index (κ1) is 22.8. The SMILES string of the molecule is C=CC(=C)c1cc2c3c(cccc3c1)N(c1cc(-c3ccccc3)nc(-c3ccccc3)n1)c1ncncc1-2. The Hall–Kier alpha value is -5.42. The first-order valence-corrected chi connectivity index (χ1v) is 12.7. The van der Waals surface area contributed by atoms with Crippen LogP contribution in [0.15, 0.2) is 129 Å². The fraction of sp³-hybridized carbons (Fsp3) is 0. The highest BCUT2D eigenvalue weighted by molar-refractivity contribution is 6.13. The molecule has 0 spiro atoms. The molecule has 0 amide bonds. The summed E-state index contributed by atoms with van der Waals surface area (Å²) in [5, 5.41) is 2.21. The molecule has 1 aliphatic rings. The number of anilines is 3. The van der Waals surface area contributed by atoms with E-state index < -0.39 is 0 Å². The lowest BCUT2D eigenvalue weighted by atomic mass is 9.90. The minimum atomic E-state index is 0.651. The van der Waals surface area contributed by atoms with E-state index in [-0.39, 0.29) is 0 Å². The number of hydrogen-bond donors (Lipinski definition) is 0. The van der Waals surface area contributed by atoms with E-state index in [4.69, 9.17) is 15.0 Å². The van der Waals surface area contributed by atoms with Crippen molar-refractivity contribution >= 4 is 33.7 Å². The Bertz CT molecular complexity index is 1840. The largest absolute Gasteiger partial charge is 0.278 e. The van der Waals surface area contributed by atoms with Gasteiger partial charge in [0.15, 0.2) is 5.82 Å². The van der Waals surface area contributed by atoms with Gasteiger partial charge < -0.3 is 0 Å². The molecule has 0 radical (unpaired) electrons. The molecule has 184 valence electrons. The Morgan fingerprint density at radius 2 is 1.54 bits per heavy atom. The second-order valence-electron chi connectivity index (χ2n) is 9.39. The molecule has 0 saturated heterocycles. The average Bonchev–Trinajstić information content (AvgIpc) is 3.01. The summed E-state index contributed by atoms with van der Waals surface area (Å²) in [4.78, 5) is 21.4. The maximum Gasteiger partial charge on any atom is 0.162 e. The molecular weight excluding hydrogens is 478 g/mol. The van der Waals surface area contributed by atoms with Gasteiger partial charge >= 0.3 is 0 Å². The number of hydrogen-bond acceptors (Lipinski definition) is 5. The van der Waals surface area contributed by atoms with Crippen LogP contribution in [0.2, 0.25) is 0 Å². The van der Waals surface area contributed by atoms with Crippen LogP contribution < -0.4 is 4.90 Å². The Morgan fingerprint density at radius 1 is 0.769 bits per heavy atom. The van der Waals surface area contributed by atoms with Gasteiger partial charge in [0.1, 0.15) is 18.0 Å². The van der Waals surface area contributed by atoms with Crippen LogP contribution in [-0.4, -0.2) is 19.9 Å². The van der Waals surface area contributed by atoms with E-state index in [1.807, 2.05) is 60.8 Å². The lowest BCUT2D eigenvalue weighted by Gasteiger charge is -2.31. The van der Waals surface area contributed by atoms with Gasteiger partial charge in [0.05, 0.1) is 11.4 Å². The van der Waals surface area contributed by atoms with Crippen molar-refractivity contribution in [3.05, 3.63) is 134 Å². The molecule has 0 unspecified atom stereocenters. The normalized spacial score (nSPS) is 11.7. The predicted octanol–water partition coefficient (Wildman–Crippen LogP) is 8.40. The van der Waals surface area contributed by atoms with Gasteiger partial charge in [0.25, 0.3) is 0 Å². The molecule has 0 fully saturated rings. The molecule has 39 heavy (non-hydrogen) atoms. The topological polar surface area (TPSA) is 54.8 Å². The van der Waals surface area contributed by atoms with Gasteiger partial charge in [-0.15, -0.1) is 0 Å². The summed E-state index contributed by atoms with van der Waals surface area (Å²) < 4.78 is 0. The van der Waals surface area contributed by atoms with Crippen LogP contribution >= 0.6 is 0 Å². The Kier molecular flexibility index (Phi) is 5.34. The summed E-state index contributed by atoms with van der Waals surface area (Å²) in [6.45, 7) is 8.10. The molecular formula is C34H23N5. The van der Waals surface area contributed by atoms with E-state index in [1.54, 1.807) is 12.4 Å². The molecule has 0 aliphatic carbocycles. The first-order chi connectivity index (χ1) is 19.2. The van der Waals surface area contributed by atoms with E-state index in [9.17, 15) is 0 Å². The molecule has 5 heteroatoms. The lowest BCUT2D eigenvalue weighted by Crippen LogP contribution is -2.18. The number of benzene rings is 4. The van der Waals surface area contributed by atoms with Crippen LogP contribution in [0.25, 0.3) is 50.1 Å². The number of nitrogens with zero attached hydrogens (tertiary/aromatic N) is 5. The van der Waals surface area contributed by atoms with Crippen molar-refractivity contribution < 1.29 is 0 Å². The van der Waals surface area contributed by atoms with Crippen molar-refractivity contribution in [3.63, 3.8) is 0 Å². The van der Waals surface area contributed by atoms with Crippen molar-refractivity contribution in [1.29, 1.82) is 0 Å². The van der Waals surface area contributed by atoms with Crippen molar-refractivity contribution in [1.82, 2.24) is 19.9 Å². The van der Waals surface area contributed by atoms with Crippen LogP contribution in [0.3, 0.4) is 0 Å². The zero-order valence-corrected chi connectivity index (χ0v) is 21.1. The maximum atomic E-state index is 5.10. The molecule has 6 aromatic rings. The molecule has 1 aliphatic heterocycles. The minimum Gasteiger partial charge on any atom is -0.278 e. The third-order valence-electron chi connectivity index (χ3n) is 7.05. The van der Waals surface area contributed by atoms with Gasteiger partial charge in [0, 0.05) is 34.3 Å². The van der Waals surface area contributed by atoms with Gasteiger partial charge in [-0.1, -0.05) is 92.0 Å². The van der Waals surface area contributed by atoms with Gasteiger partial charge in [-0.2, -0.15) is 0 Å². The summed E-state index contributed by atoms with van der Waals surface area (Å²) in [6, 6.07) is 32.9. The summed E-state index contributed by atoms with van der Waals surface area (Å²) in [5.41, 5.74) is 7.69. The van der Waals surface area contributed by atoms with Crippen molar-refractivity contribution in [3.8, 4) is 33.8 Å². The quantitative estimate of drug-likeness (QED) is 0.222. The standard InChI is InChI=1S/C34H23N5/c1-3-22(2)26-17-25-15-10-16-30-32(25)27(18-26)28-20-35-21-36-34(28)39(30)31-19-29(23-11-6-4-7-12-23)37-33(38-31)24-13-8-5-9-14-24/h3-21H,1-2H2. The third kappa shape index (κ3) is 3.80. The highest BCUT2D eigenvalue weighted by atomic mass is 15.3. The van der Waals surface area contributed by atoms with Gasteiger partial charge in [-0.05, 0) is 40.3 Å². The Labute approximate surface area is 226 Å². The molecule has 5 nitrogen and oxygen atoms in total. The van der Waals surface area contributed by atoms with E-state index in [0.29, 0.717) is 5.82 Å². The van der Waals surface area contributed by atoms with Crippen molar-refractivity contribution in [2.75, 3.05) is 4.90 Å². The Morgan fingerprint density at radius 3 is 2.31 bits per heavy atom. The molecule has 0 N–H and O–H groups in total. The summed E-state index contributed by atoms with van der Waals surface area (Å²) >= 11 is 0. The summed E-state index contributed by atoms with van der Waals surface area (Å²) in [7, 11) is 0. The van der Waals surface area contributed by atoms with Gasteiger partial charge in [-0.3, -0.25) is 4.90 Å². The predicted molar refractivity (Wildman–Crippen MR) is 159 cm³/mol. The molecule has 2 aromatic heterocycles. The molecule has 0 atom stereocenters. The number of rotatable bonds is 5. The first-order valence-electron chi connectivity index (χ1n) is 12.7. The highest BCUT2D eigenvalue weighted by Crippen LogP contribution is 2.50. The highest BCUT2D eigenvalue weighted by Gasteiger charge is 2.29. The lowest BCUT2D eigenvalue weighted by molar-refractivity contribution is 1.07. The summed E-state index contributed by atoms with van der Waals surface area (Å²) in [6.07, 6.45) is 5.24. The molecule has 3 heterocycles. The number of fused-ring (bicyclic) bond motifs is 2. The second-order valence-corrected chi connectivity index (χ2v) is 9.39. The molecule has 4 aromatic carbocycles. The number of aromatic nitrogens is 4. The van der Waals surface area contributed by atoms with Crippen LogP contribution in [0.4, 0.5) is 17.3 Å². The number of allylic oxidation sites excluding steroid dienone is 2. The van der Waals surface area contributed by atoms with Gasteiger partial charge in [0.2, 0.25) is 0 Å². The van der Waals surface area contributed by atoms with Crippen LogP contribution in [-0.2, 0) is 0 Å². The zero-order chi connectivity index (χ0) is 26.3. The monoisotopic (exact) mass is 501 g/mol. The average molecular weight is 502 g/mol. The zero-order valence-electron chi connectivity index (χ0n) is 21.1. The maximum absolute atomic E-state index is 5.10. The third-order valence-corrected chi connectivity index (χ3v) is 7.05. The molecule has 0 bridgehead atoms. The van der Waals surface area contributed by atoms with Crippen LogP contribution in [0.1, 0.15) is 5.56 Å². The smallest absolute Gasteiger partial charge is 0.162 e. The van der Waals surface area contributed by atoms with E-state index in [2.05, 4.69) is 65.5 Å². The van der Waals surface area contributed by atoms with Crippen LogP contribution in [0.5, 0.6) is 0 Å². The van der Waals surface area contributed by atoms with Crippen LogP contribution in [0, 0.1) is 0 Å².